The van der Waals surface area contributed by atoms with Crippen LogP contribution >= 0.6 is 11.6 Å². The van der Waals surface area contributed by atoms with E-state index >= 15 is 0 Å². The van der Waals surface area contributed by atoms with Crippen LogP contribution in [0.5, 0.6) is 5.75 Å². The number of nitrogens with one attached hydrogen (secondary N) is 1. The maximum atomic E-state index is 14.5. The van der Waals surface area contributed by atoms with Crippen molar-refractivity contribution in [1.29, 1.82) is 0 Å². The van der Waals surface area contributed by atoms with E-state index in [0.717, 1.165) is 12.5 Å². The minimum absolute atomic E-state index is 0.0776. The summed E-state index contributed by atoms with van der Waals surface area (Å²) >= 11 is 6.27. The topological polar surface area (TPSA) is 58.6 Å². The Bertz CT molecular complexity index is 1200. The van der Waals surface area contributed by atoms with Crippen molar-refractivity contribution in [2.45, 2.75) is 25.2 Å². The molecule has 0 aromatic heterocycles. The highest BCUT2D eigenvalue weighted by Crippen LogP contribution is 2.35. The molecule has 1 saturated heterocycles. The number of hydrogen-bond donors (Lipinski definition) is 1. The minimum atomic E-state index is -2.05. The van der Waals surface area contributed by atoms with Gasteiger partial charge in [-0.05, 0) is 30.2 Å². The highest BCUT2D eigenvalue weighted by Gasteiger charge is 2.25. The van der Waals surface area contributed by atoms with Crippen LogP contribution in [0.1, 0.15) is 30.6 Å². The van der Waals surface area contributed by atoms with Gasteiger partial charge in [0.2, 0.25) is 0 Å². The Morgan fingerprint density at radius 3 is 2.32 bits per heavy atom. The normalized spacial score (nSPS) is 13.3. The van der Waals surface area contributed by atoms with Gasteiger partial charge in [-0.15, -0.1) is 0 Å². The number of benzene rings is 3. The first kappa shape index (κ1) is 25.6. The molecule has 0 saturated carbocycles. The fraction of sp³-hybridized carbons (Fsp3) is 0.240. The number of amides is 1. The Labute approximate surface area is 205 Å². The Morgan fingerprint density at radius 2 is 1.74 bits per heavy atom. The van der Waals surface area contributed by atoms with Gasteiger partial charge in [-0.25, -0.2) is 13.0 Å². The van der Waals surface area contributed by atoms with Gasteiger partial charge in [0.1, 0.15) is 16.5 Å². The first-order valence-corrected chi connectivity index (χ1v) is 12.3. The third-order valence-corrected chi connectivity index (χ3v) is 6.54. The van der Waals surface area contributed by atoms with Crippen LogP contribution in [0.3, 0.4) is 0 Å². The average Bonchev–Trinajstić information content (AvgIpc) is 2.81. The number of hydrogen-bond acceptors (Lipinski definition) is 3. The molecule has 1 fully saturated rings. The summed E-state index contributed by atoms with van der Waals surface area (Å²) in [7, 11) is -0.702. The van der Waals surface area contributed by atoms with Gasteiger partial charge in [-0.1, -0.05) is 55.8 Å². The average molecular weight is 507 g/mol. The Kier molecular flexibility index (Phi) is 8.63. The van der Waals surface area contributed by atoms with E-state index in [1.54, 1.807) is 35.2 Å². The first-order chi connectivity index (χ1) is 16.4. The zero-order valence-corrected chi connectivity index (χ0v) is 20.6. The predicted molar refractivity (Wildman–Crippen MR) is 132 cm³/mol. The zero-order chi connectivity index (χ0) is 24.8. The summed E-state index contributed by atoms with van der Waals surface area (Å²) in [6, 6.07) is 13.5. The standard InChI is InChI=1S/C23H19ClF2N2O3S.C2H6/c1-31-22-17(24)10-15(23(29)28-8-5-9-28)11-21(22)32(30)27-20-12-16(18(25)13-19(20)26)14-6-3-2-4-7-14;1-2/h2-4,6-7,10-13,27H,5,8-9H2,1H3;1-2H3. The fourth-order valence-corrected chi connectivity index (χ4v) is 4.76. The van der Waals surface area contributed by atoms with Gasteiger partial charge in [0.05, 0.1) is 17.8 Å². The third kappa shape index (κ3) is 5.39. The second-order valence-corrected chi connectivity index (χ2v) is 8.77. The van der Waals surface area contributed by atoms with Crippen molar-refractivity contribution in [3.63, 3.8) is 0 Å². The molecule has 3 aromatic rings. The molecule has 5 nitrogen and oxygen atoms in total. The maximum absolute atomic E-state index is 14.5. The predicted octanol–water partition coefficient (Wildman–Crippen LogP) is 6.30. The number of carbonyl (C=O) groups is 1. The van der Waals surface area contributed by atoms with Gasteiger partial charge in [0, 0.05) is 30.3 Å². The molecule has 1 aliphatic heterocycles. The summed E-state index contributed by atoms with van der Waals surface area (Å²) in [6.07, 6.45) is 0.920. The number of anilines is 1. The van der Waals surface area contributed by atoms with E-state index in [1.807, 2.05) is 13.8 Å². The van der Waals surface area contributed by atoms with E-state index in [9.17, 15) is 17.8 Å². The molecule has 1 atom stereocenters. The molecule has 3 aromatic carbocycles. The lowest BCUT2D eigenvalue weighted by Gasteiger charge is -2.31. The molecule has 0 aliphatic carbocycles. The summed E-state index contributed by atoms with van der Waals surface area (Å²) in [4.78, 5) is 14.3. The lowest BCUT2D eigenvalue weighted by atomic mass is 10.0. The van der Waals surface area contributed by atoms with Crippen LogP contribution < -0.4 is 9.46 Å². The van der Waals surface area contributed by atoms with Crippen LogP contribution in [0.25, 0.3) is 11.1 Å². The molecule has 1 heterocycles. The Morgan fingerprint density at radius 1 is 1.06 bits per heavy atom. The van der Waals surface area contributed by atoms with Crippen molar-refractivity contribution in [2.24, 2.45) is 0 Å². The fourth-order valence-electron chi connectivity index (χ4n) is 3.35. The van der Waals surface area contributed by atoms with Gasteiger partial charge in [0.25, 0.3) is 5.91 Å². The molecule has 1 amide bonds. The molecule has 1 unspecified atom stereocenters. The van der Waals surface area contributed by atoms with E-state index < -0.39 is 22.6 Å². The quantitative estimate of drug-likeness (QED) is 0.427. The summed E-state index contributed by atoms with van der Waals surface area (Å²) < 4.78 is 49.8. The molecule has 0 spiro atoms. The second kappa shape index (κ2) is 11.4. The second-order valence-electron chi connectivity index (χ2n) is 7.18. The Hall–Kier alpha value is -2.97. The SMILES string of the molecule is CC.COc1c(Cl)cc(C(=O)N2CCC2)cc1S(=O)Nc1cc(-c2ccccc2)c(F)cc1F. The number of likely N-dealkylation sites (tertiary alicyclic amines) is 1. The highest BCUT2D eigenvalue weighted by atomic mass is 35.5. The number of methoxy groups -OCH3 is 1. The monoisotopic (exact) mass is 506 g/mol. The molecular formula is C25H25ClF2N2O3S. The van der Waals surface area contributed by atoms with Crippen LogP contribution in [0.15, 0.2) is 59.5 Å². The summed E-state index contributed by atoms with van der Waals surface area (Å²) in [6.45, 7) is 5.28. The number of rotatable bonds is 6. The highest BCUT2D eigenvalue weighted by molar-refractivity contribution is 7.86. The summed E-state index contributed by atoms with van der Waals surface area (Å²) in [5, 5.41) is 0.105. The summed E-state index contributed by atoms with van der Waals surface area (Å²) in [5.74, 6) is -1.79. The molecular weight excluding hydrogens is 482 g/mol. The van der Waals surface area contributed by atoms with E-state index in [-0.39, 0.29) is 38.4 Å². The lowest BCUT2D eigenvalue weighted by Crippen LogP contribution is -2.42. The third-order valence-electron chi connectivity index (χ3n) is 5.15. The number of carbonyl (C=O) groups excluding carboxylic acids is 1. The van der Waals surface area contributed by atoms with Crippen LogP contribution in [0, 0.1) is 11.6 Å². The van der Waals surface area contributed by atoms with Crippen molar-refractivity contribution >= 4 is 34.2 Å². The van der Waals surface area contributed by atoms with Crippen LogP contribution in [-0.4, -0.2) is 35.2 Å². The van der Waals surface area contributed by atoms with Crippen molar-refractivity contribution in [1.82, 2.24) is 4.90 Å². The molecule has 1 N–H and O–H groups in total. The largest absolute Gasteiger partial charge is 0.494 e. The lowest BCUT2D eigenvalue weighted by molar-refractivity contribution is 0.0651. The van der Waals surface area contributed by atoms with Crippen LogP contribution in [0.2, 0.25) is 5.02 Å². The minimum Gasteiger partial charge on any atom is -0.494 e. The van der Waals surface area contributed by atoms with Crippen LogP contribution in [-0.2, 0) is 11.0 Å². The molecule has 4 rings (SSSR count). The zero-order valence-electron chi connectivity index (χ0n) is 19.0. The van der Waals surface area contributed by atoms with Crippen molar-refractivity contribution in [3.8, 4) is 16.9 Å². The maximum Gasteiger partial charge on any atom is 0.253 e. The molecule has 180 valence electrons. The smallest absolute Gasteiger partial charge is 0.253 e. The Balaban J connectivity index is 0.00000158. The van der Waals surface area contributed by atoms with Crippen LogP contribution in [0.4, 0.5) is 14.5 Å². The van der Waals surface area contributed by atoms with Gasteiger partial charge in [-0.2, -0.15) is 0 Å². The summed E-state index contributed by atoms with van der Waals surface area (Å²) in [5.41, 5.74) is 0.784. The first-order valence-electron chi connectivity index (χ1n) is 10.8. The van der Waals surface area contributed by atoms with Crippen molar-refractivity contribution in [2.75, 3.05) is 24.9 Å². The number of nitrogens with zero attached hydrogens (tertiary/aromatic N) is 1. The number of ether oxygens (including phenoxy) is 1. The molecule has 34 heavy (non-hydrogen) atoms. The van der Waals surface area contributed by atoms with Gasteiger partial charge >= 0.3 is 0 Å². The van der Waals surface area contributed by atoms with E-state index in [1.165, 1.54) is 25.3 Å². The molecule has 9 heteroatoms. The van der Waals surface area contributed by atoms with E-state index in [2.05, 4.69) is 4.72 Å². The van der Waals surface area contributed by atoms with Gasteiger partial charge in [0.15, 0.2) is 16.7 Å². The van der Waals surface area contributed by atoms with Crippen molar-refractivity contribution < 1.29 is 22.5 Å². The number of halogens is 3. The van der Waals surface area contributed by atoms with Crippen molar-refractivity contribution in [3.05, 3.63) is 76.8 Å². The van der Waals surface area contributed by atoms with Gasteiger partial charge < -0.3 is 9.64 Å². The van der Waals surface area contributed by atoms with Gasteiger partial charge in [-0.3, -0.25) is 9.52 Å². The van der Waals surface area contributed by atoms with E-state index in [4.69, 9.17) is 16.3 Å². The molecule has 0 radical (unpaired) electrons. The molecule has 1 aliphatic rings. The molecule has 0 bridgehead atoms. The van der Waals surface area contributed by atoms with E-state index in [0.29, 0.717) is 18.7 Å².